The molecule has 6 rings (SSSR count). The molecule has 0 saturated heterocycles. The van der Waals surface area contributed by atoms with Gasteiger partial charge < -0.3 is 20.7 Å². The molecule has 1 aromatic heterocycles. The number of nitrogens with one attached hydrogen (secondary N) is 3. The Kier molecular flexibility index (Phi) is 12.4. The van der Waals surface area contributed by atoms with Crippen LogP contribution in [0, 0.1) is 18.3 Å². The monoisotopic (exact) mass is 748 g/mol. The Morgan fingerprint density at radius 3 is 2.24 bits per heavy atom. The van der Waals surface area contributed by atoms with Crippen LogP contribution in [0.3, 0.4) is 0 Å². The van der Waals surface area contributed by atoms with Gasteiger partial charge in [-0.25, -0.2) is 0 Å². The van der Waals surface area contributed by atoms with Crippen LogP contribution in [-0.4, -0.2) is 24.3 Å². The fourth-order valence-electron chi connectivity index (χ4n) is 5.50. The van der Waals surface area contributed by atoms with Gasteiger partial charge in [0.25, 0.3) is 11.8 Å². The lowest BCUT2D eigenvalue weighted by molar-refractivity contribution is -0.116. The number of thiophene rings is 1. The van der Waals surface area contributed by atoms with Gasteiger partial charge >= 0.3 is 0 Å². The molecule has 54 heavy (non-hydrogen) atoms. The number of carbonyl (C=O) groups excluding carboxylic acids is 3. The van der Waals surface area contributed by atoms with Gasteiger partial charge in [-0.1, -0.05) is 96.6 Å². The van der Waals surface area contributed by atoms with Crippen molar-refractivity contribution in [2.75, 3.05) is 17.2 Å². The maximum atomic E-state index is 14.0. The van der Waals surface area contributed by atoms with E-state index < -0.39 is 17.1 Å². The van der Waals surface area contributed by atoms with Gasteiger partial charge in [-0.3, -0.25) is 14.4 Å². The van der Waals surface area contributed by atoms with E-state index in [1.807, 2.05) is 86.0 Å². The van der Waals surface area contributed by atoms with Crippen LogP contribution in [0.15, 0.2) is 149 Å². The summed E-state index contributed by atoms with van der Waals surface area (Å²) in [5.74, 6) is -0.559. The van der Waals surface area contributed by atoms with E-state index in [1.165, 1.54) is 23.1 Å². The van der Waals surface area contributed by atoms with Gasteiger partial charge in [-0.15, -0.1) is 23.1 Å². The smallest absolute Gasteiger partial charge is 0.272 e. The van der Waals surface area contributed by atoms with Crippen molar-refractivity contribution in [2.45, 2.75) is 24.0 Å². The first-order valence-electron chi connectivity index (χ1n) is 17.1. The van der Waals surface area contributed by atoms with Crippen molar-refractivity contribution in [1.82, 2.24) is 5.32 Å². The molecule has 5 aromatic carbocycles. The number of anilines is 2. The van der Waals surface area contributed by atoms with Gasteiger partial charge in [-0.05, 0) is 79.1 Å². The highest BCUT2D eigenvalue weighted by Crippen LogP contribution is 2.40. The Hall–Kier alpha value is -6.41. The molecule has 10 heteroatoms. The molecule has 3 amide bonds. The number of aryl methyl sites for hydroxylation is 1. The first kappa shape index (κ1) is 37.4. The number of nitriles is 1. The summed E-state index contributed by atoms with van der Waals surface area (Å²) >= 11 is 2.63. The number of thioether (sulfide) groups is 1. The topological polar surface area (TPSA) is 120 Å². The molecular formula is C44H36N4O4S2. The van der Waals surface area contributed by atoms with Crippen molar-refractivity contribution in [1.29, 1.82) is 5.26 Å². The average Bonchev–Trinajstić information content (AvgIpc) is 3.60. The summed E-state index contributed by atoms with van der Waals surface area (Å²) in [6.07, 6.45) is 1.60. The zero-order valence-electron chi connectivity index (χ0n) is 29.5. The highest BCUT2D eigenvalue weighted by Gasteiger charge is 2.25. The zero-order chi connectivity index (χ0) is 37.9. The molecule has 1 heterocycles. The molecule has 0 spiro atoms. The second kappa shape index (κ2) is 17.9. The summed E-state index contributed by atoms with van der Waals surface area (Å²) in [5.41, 5.74) is 5.57. The minimum absolute atomic E-state index is 0.0434. The molecule has 0 aliphatic carbocycles. The second-order valence-corrected chi connectivity index (χ2v) is 14.1. The number of rotatable bonds is 13. The molecule has 0 aliphatic heterocycles. The van der Waals surface area contributed by atoms with Gasteiger partial charge in [0.1, 0.15) is 27.8 Å². The fourth-order valence-corrected chi connectivity index (χ4v) is 7.51. The Morgan fingerprint density at radius 1 is 0.852 bits per heavy atom. The molecule has 0 saturated carbocycles. The van der Waals surface area contributed by atoms with E-state index in [4.69, 9.17) is 4.74 Å². The number of amides is 3. The Labute approximate surface area is 322 Å². The van der Waals surface area contributed by atoms with Crippen LogP contribution in [0.5, 0.6) is 5.75 Å². The molecule has 1 atom stereocenters. The highest BCUT2D eigenvalue weighted by molar-refractivity contribution is 8.00. The van der Waals surface area contributed by atoms with Crippen molar-refractivity contribution < 1.29 is 19.1 Å². The number of benzene rings is 5. The third kappa shape index (κ3) is 9.52. The van der Waals surface area contributed by atoms with Crippen molar-refractivity contribution in [3.8, 4) is 22.9 Å². The van der Waals surface area contributed by atoms with Crippen molar-refractivity contribution in [2.24, 2.45) is 0 Å². The van der Waals surface area contributed by atoms with Crippen molar-refractivity contribution in [3.63, 3.8) is 0 Å². The third-order valence-electron chi connectivity index (χ3n) is 8.22. The molecule has 3 N–H and O–H groups in total. The van der Waals surface area contributed by atoms with E-state index in [1.54, 1.807) is 72.8 Å². The van der Waals surface area contributed by atoms with E-state index in [-0.39, 0.29) is 11.6 Å². The van der Waals surface area contributed by atoms with Crippen LogP contribution in [0.25, 0.3) is 17.2 Å². The van der Waals surface area contributed by atoms with Crippen LogP contribution in [-0.2, 0) is 9.59 Å². The lowest BCUT2D eigenvalue weighted by Gasteiger charge is -2.17. The van der Waals surface area contributed by atoms with Gasteiger partial charge in [0, 0.05) is 27.1 Å². The number of ether oxygens (including phenoxy) is 1. The predicted octanol–water partition coefficient (Wildman–Crippen LogP) is 9.88. The standard InChI is InChI=1S/C44H36N4O4S2/c1-3-52-35-23-19-30(20-24-35)25-39(47-41(49)33-13-8-5-9-14-33)42(50)46-34-15-10-16-36(26-34)54-40(32-11-6-4-7-12-32)43(51)48-44-37(27-45)38(28-53-44)31-21-17-29(2)18-22-31/h4-26,28,40H,3H2,1-2H3,(H,46,50)(H,47,49)(H,48,51)/b39-25+. The van der Waals surface area contributed by atoms with E-state index in [2.05, 4.69) is 22.0 Å². The highest BCUT2D eigenvalue weighted by atomic mass is 32.2. The van der Waals surface area contributed by atoms with Crippen LogP contribution in [0.4, 0.5) is 10.7 Å². The molecule has 8 nitrogen and oxygen atoms in total. The van der Waals surface area contributed by atoms with Crippen molar-refractivity contribution >= 4 is 57.6 Å². The minimum Gasteiger partial charge on any atom is -0.494 e. The zero-order valence-corrected chi connectivity index (χ0v) is 31.2. The Balaban J connectivity index is 1.23. The van der Waals surface area contributed by atoms with Gasteiger partial charge in [0.15, 0.2) is 0 Å². The first-order valence-corrected chi connectivity index (χ1v) is 18.9. The molecule has 268 valence electrons. The number of hydrogen-bond donors (Lipinski definition) is 3. The second-order valence-electron chi connectivity index (χ2n) is 12.1. The molecule has 0 bridgehead atoms. The van der Waals surface area contributed by atoms with Crippen LogP contribution in [0.1, 0.15) is 44.8 Å². The molecule has 0 fully saturated rings. The maximum Gasteiger partial charge on any atom is 0.272 e. The maximum absolute atomic E-state index is 14.0. The summed E-state index contributed by atoms with van der Waals surface area (Å²) in [6.45, 7) is 4.43. The number of nitrogens with zero attached hydrogens (tertiary/aromatic N) is 1. The molecule has 6 aromatic rings. The van der Waals surface area contributed by atoms with Gasteiger partial charge in [-0.2, -0.15) is 5.26 Å². The molecule has 1 unspecified atom stereocenters. The van der Waals surface area contributed by atoms with Crippen LogP contribution >= 0.6 is 23.1 Å². The van der Waals surface area contributed by atoms with E-state index in [9.17, 15) is 19.6 Å². The Bertz CT molecular complexity index is 2320. The Morgan fingerprint density at radius 2 is 1.56 bits per heavy atom. The van der Waals surface area contributed by atoms with E-state index >= 15 is 0 Å². The average molecular weight is 749 g/mol. The molecular weight excluding hydrogens is 713 g/mol. The number of hydrogen-bond acceptors (Lipinski definition) is 7. The minimum atomic E-state index is -0.686. The largest absolute Gasteiger partial charge is 0.494 e. The number of carbonyl (C=O) groups is 3. The molecule has 0 aliphatic rings. The van der Waals surface area contributed by atoms with E-state index in [0.717, 1.165) is 22.3 Å². The first-order chi connectivity index (χ1) is 26.3. The summed E-state index contributed by atoms with van der Waals surface area (Å²) < 4.78 is 5.55. The van der Waals surface area contributed by atoms with Crippen LogP contribution < -0.4 is 20.7 Å². The molecule has 0 radical (unpaired) electrons. The third-order valence-corrected chi connectivity index (χ3v) is 10.4. The normalized spacial score (nSPS) is 11.5. The van der Waals surface area contributed by atoms with Gasteiger partial charge in [0.2, 0.25) is 5.91 Å². The van der Waals surface area contributed by atoms with E-state index in [0.29, 0.717) is 44.6 Å². The summed E-state index contributed by atoms with van der Waals surface area (Å²) in [4.78, 5) is 41.7. The fraction of sp³-hybridized carbons (Fsp3) is 0.0909. The quantitative estimate of drug-likeness (QED) is 0.0799. The summed E-state index contributed by atoms with van der Waals surface area (Å²) in [6, 6.07) is 42.6. The predicted molar refractivity (Wildman–Crippen MR) is 217 cm³/mol. The summed E-state index contributed by atoms with van der Waals surface area (Å²) in [7, 11) is 0. The lowest BCUT2D eigenvalue weighted by Crippen LogP contribution is -2.30. The summed E-state index contributed by atoms with van der Waals surface area (Å²) in [5, 5.41) is 20.5. The van der Waals surface area contributed by atoms with Crippen LogP contribution in [0.2, 0.25) is 0 Å². The SMILES string of the molecule is CCOc1ccc(/C=C(/NC(=O)c2ccccc2)C(=O)Nc2cccc(SC(C(=O)Nc3scc(-c4ccc(C)cc4)c3C#N)c3ccccc3)c2)cc1. The lowest BCUT2D eigenvalue weighted by atomic mass is 10.0. The van der Waals surface area contributed by atoms with Crippen molar-refractivity contribution in [3.05, 3.63) is 172 Å². The van der Waals surface area contributed by atoms with Gasteiger partial charge in [0.05, 0.1) is 12.2 Å².